The van der Waals surface area contributed by atoms with Crippen LogP contribution in [0.15, 0.2) is 18.2 Å². The van der Waals surface area contributed by atoms with Crippen LogP contribution in [0.2, 0.25) is 0 Å². The Morgan fingerprint density at radius 3 is 2.85 bits per heavy atom. The van der Waals surface area contributed by atoms with Crippen LogP contribution in [0, 0.1) is 5.41 Å². The van der Waals surface area contributed by atoms with E-state index in [-0.39, 0.29) is 0 Å². The molecule has 0 saturated heterocycles. The van der Waals surface area contributed by atoms with E-state index in [1.54, 1.807) is 7.11 Å². The Morgan fingerprint density at radius 2 is 2.20 bits per heavy atom. The van der Waals surface area contributed by atoms with Gasteiger partial charge >= 0.3 is 0 Å². The van der Waals surface area contributed by atoms with Gasteiger partial charge in [0.1, 0.15) is 0 Å². The summed E-state index contributed by atoms with van der Waals surface area (Å²) in [7, 11) is 1.61. The second kappa shape index (κ2) is 4.77. The Bertz CT molecular complexity index is 618. The summed E-state index contributed by atoms with van der Waals surface area (Å²) in [5, 5.41) is 12.1. The van der Waals surface area contributed by atoms with Crippen LogP contribution in [-0.4, -0.2) is 27.3 Å². The van der Waals surface area contributed by atoms with Gasteiger partial charge in [-0.2, -0.15) is 0 Å². The van der Waals surface area contributed by atoms with Gasteiger partial charge in [-0.25, -0.2) is 4.68 Å². The largest absolute Gasteiger partial charge is 0.494 e. The number of nitrogens with two attached hydrogens (primary N) is 1. The zero-order valence-corrected chi connectivity index (χ0v) is 11.8. The van der Waals surface area contributed by atoms with Crippen molar-refractivity contribution in [2.75, 3.05) is 12.8 Å². The third-order valence-electron chi connectivity index (χ3n) is 4.11. The van der Waals surface area contributed by atoms with E-state index in [1.807, 2.05) is 22.9 Å². The van der Waals surface area contributed by atoms with E-state index >= 15 is 0 Å². The minimum Gasteiger partial charge on any atom is -0.494 e. The molecule has 20 heavy (non-hydrogen) atoms. The molecular formula is C14H19N5O. The van der Waals surface area contributed by atoms with Crippen molar-refractivity contribution in [2.45, 2.75) is 32.7 Å². The lowest BCUT2D eigenvalue weighted by Gasteiger charge is -2.38. The molecule has 1 heterocycles. The normalized spacial score (nSPS) is 16.7. The summed E-state index contributed by atoms with van der Waals surface area (Å²) >= 11 is 0. The summed E-state index contributed by atoms with van der Waals surface area (Å²) in [5.41, 5.74) is 7.68. The molecule has 2 aromatic rings. The van der Waals surface area contributed by atoms with Gasteiger partial charge in [-0.1, -0.05) is 19.4 Å². The molecule has 0 unspecified atom stereocenters. The summed E-state index contributed by atoms with van der Waals surface area (Å²) < 4.78 is 7.25. The number of anilines is 1. The highest BCUT2D eigenvalue weighted by Gasteiger charge is 2.33. The van der Waals surface area contributed by atoms with E-state index in [9.17, 15) is 0 Å². The number of hydrogen-bond acceptors (Lipinski definition) is 5. The molecule has 0 aliphatic heterocycles. The van der Waals surface area contributed by atoms with Crippen LogP contribution in [0.1, 0.15) is 26.2 Å². The highest BCUT2D eigenvalue weighted by molar-refractivity contribution is 5.73. The predicted octanol–water partition coefficient (Wildman–Crippen LogP) is 2.12. The van der Waals surface area contributed by atoms with Gasteiger partial charge in [-0.15, -0.1) is 5.10 Å². The SMILES string of the molecule is COc1c(N)cccc1-c1nnnn1CC1(C)CCC1. The van der Waals surface area contributed by atoms with Gasteiger partial charge in [-0.05, 0) is 40.8 Å². The standard InChI is InChI=1S/C14H19N5O/c1-14(7-4-8-14)9-19-13(16-17-18-19)10-5-3-6-11(15)12(10)20-2/h3,5-6H,4,7-9,15H2,1-2H3. The van der Waals surface area contributed by atoms with Crippen molar-refractivity contribution in [3.05, 3.63) is 18.2 Å². The molecular weight excluding hydrogens is 254 g/mol. The molecule has 1 fully saturated rings. The number of rotatable bonds is 4. The van der Waals surface area contributed by atoms with Crippen molar-refractivity contribution >= 4 is 5.69 Å². The molecule has 1 aromatic heterocycles. The lowest BCUT2D eigenvalue weighted by molar-refractivity contribution is 0.126. The second-order valence-electron chi connectivity index (χ2n) is 5.75. The van der Waals surface area contributed by atoms with Crippen LogP contribution >= 0.6 is 0 Å². The van der Waals surface area contributed by atoms with Gasteiger partial charge in [0, 0.05) is 0 Å². The molecule has 0 bridgehead atoms. The Hall–Kier alpha value is -2.11. The third kappa shape index (κ3) is 2.11. The zero-order valence-electron chi connectivity index (χ0n) is 11.8. The summed E-state index contributed by atoms with van der Waals surface area (Å²) in [6.07, 6.45) is 3.73. The lowest BCUT2D eigenvalue weighted by Crippen LogP contribution is -2.31. The fourth-order valence-electron chi connectivity index (χ4n) is 2.76. The predicted molar refractivity (Wildman–Crippen MR) is 76.2 cm³/mol. The maximum atomic E-state index is 5.95. The number of hydrogen-bond donors (Lipinski definition) is 1. The van der Waals surface area contributed by atoms with Gasteiger partial charge in [0.05, 0.1) is 24.9 Å². The molecule has 3 rings (SSSR count). The minimum absolute atomic E-state index is 0.303. The van der Waals surface area contributed by atoms with Crippen molar-refractivity contribution in [2.24, 2.45) is 5.41 Å². The summed E-state index contributed by atoms with van der Waals surface area (Å²) in [6.45, 7) is 3.10. The maximum Gasteiger partial charge on any atom is 0.185 e. The minimum atomic E-state index is 0.303. The quantitative estimate of drug-likeness (QED) is 0.863. The molecule has 1 aliphatic rings. The van der Waals surface area contributed by atoms with Gasteiger partial charge in [-0.3, -0.25) is 0 Å². The smallest absolute Gasteiger partial charge is 0.185 e. The molecule has 1 saturated carbocycles. The summed E-state index contributed by atoms with van der Waals surface area (Å²) in [6, 6.07) is 5.63. The number of para-hydroxylation sites is 1. The van der Waals surface area contributed by atoms with E-state index in [4.69, 9.17) is 10.5 Å². The van der Waals surface area contributed by atoms with Crippen LogP contribution in [-0.2, 0) is 6.54 Å². The number of methoxy groups -OCH3 is 1. The van der Waals surface area contributed by atoms with Crippen LogP contribution in [0.4, 0.5) is 5.69 Å². The van der Waals surface area contributed by atoms with Crippen molar-refractivity contribution in [1.82, 2.24) is 20.2 Å². The fourth-order valence-corrected chi connectivity index (χ4v) is 2.76. The van der Waals surface area contributed by atoms with E-state index < -0.39 is 0 Å². The Labute approximate surface area is 117 Å². The zero-order chi connectivity index (χ0) is 14.2. The molecule has 0 amide bonds. The first-order valence-corrected chi connectivity index (χ1v) is 6.82. The molecule has 6 heteroatoms. The Kier molecular flexibility index (Phi) is 3.08. The van der Waals surface area contributed by atoms with E-state index in [2.05, 4.69) is 22.4 Å². The van der Waals surface area contributed by atoms with Crippen molar-refractivity contribution < 1.29 is 4.74 Å². The Balaban J connectivity index is 1.99. The number of nitrogen functional groups attached to an aromatic ring is 1. The summed E-state index contributed by atoms with van der Waals surface area (Å²) in [5.74, 6) is 1.34. The van der Waals surface area contributed by atoms with Gasteiger partial charge in [0.25, 0.3) is 0 Å². The topological polar surface area (TPSA) is 78.8 Å². The molecule has 2 N–H and O–H groups in total. The fraction of sp³-hybridized carbons (Fsp3) is 0.500. The highest BCUT2D eigenvalue weighted by atomic mass is 16.5. The van der Waals surface area contributed by atoms with Crippen LogP contribution in [0.5, 0.6) is 5.75 Å². The first-order chi connectivity index (χ1) is 9.63. The Morgan fingerprint density at radius 1 is 1.40 bits per heavy atom. The molecule has 0 atom stereocenters. The highest BCUT2D eigenvalue weighted by Crippen LogP contribution is 2.42. The monoisotopic (exact) mass is 273 g/mol. The summed E-state index contributed by atoms with van der Waals surface area (Å²) in [4.78, 5) is 0. The van der Waals surface area contributed by atoms with Gasteiger partial charge in [0.2, 0.25) is 0 Å². The van der Waals surface area contributed by atoms with Gasteiger partial charge in [0.15, 0.2) is 11.6 Å². The lowest BCUT2D eigenvalue weighted by atomic mass is 9.70. The number of benzene rings is 1. The first-order valence-electron chi connectivity index (χ1n) is 6.82. The van der Waals surface area contributed by atoms with Crippen molar-refractivity contribution in [3.63, 3.8) is 0 Å². The molecule has 0 radical (unpaired) electrons. The number of nitrogens with zero attached hydrogens (tertiary/aromatic N) is 4. The van der Waals surface area contributed by atoms with E-state index in [0.717, 1.165) is 12.1 Å². The number of ether oxygens (including phenoxy) is 1. The molecule has 6 nitrogen and oxygen atoms in total. The molecule has 0 spiro atoms. The van der Waals surface area contributed by atoms with E-state index in [1.165, 1.54) is 19.3 Å². The van der Waals surface area contributed by atoms with Crippen molar-refractivity contribution in [3.8, 4) is 17.1 Å². The van der Waals surface area contributed by atoms with Crippen LogP contribution in [0.25, 0.3) is 11.4 Å². The van der Waals surface area contributed by atoms with Crippen LogP contribution < -0.4 is 10.5 Å². The second-order valence-corrected chi connectivity index (χ2v) is 5.75. The van der Waals surface area contributed by atoms with Crippen LogP contribution in [0.3, 0.4) is 0 Å². The molecule has 106 valence electrons. The molecule has 1 aromatic carbocycles. The van der Waals surface area contributed by atoms with Crippen molar-refractivity contribution in [1.29, 1.82) is 0 Å². The average molecular weight is 273 g/mol. The molecule has 1 aliphatic carbocycles. The average Bonchev–Trinajstić information content (AvgIpc) is 2.84. The third-order valence-corrected chi connectivity index (χ3v) is 4.11. The maximum absolute atomic E-state index is 5.95. The van der Waals surface area contributed by atoms with E-state index in [0.29, 0.717) is 22.7 Å². The number of tetrazole rings is 1. The first kappa shape index (κ1) is 12.9. The van der Waals surface area contributed by atoms with Gasteiger partial charge < -0.3 is 10.5 Å². The number of aromatic nitrogens is 4.